The molecule has 38 heavy (non-hydrogen) atoms. The van der Waals surface area contributed by atoms with Crippen molar-refractivity contribution >= 4 is 11.7 Å². The molecular weight excluding hydrogens is 503 g/mol. The first-order valence-electron chi connectivity index (χ1n) is 13.2. The number of nitrogens with zero attached hydrogens (tertiary/aromatic N) is 3. The Morgan fingerprint density at radius 3 is 2.55 bits per heavy atom. The van der Waals surface area contributed by atoms with Gasteiger partial charge in [0.15, 0.2) is 0 Å². The van der Waals surface area contributed by atoms with Crippen molar-refractivity contribution in [2.75, 3.05) is 51.6 Å². The molecule has 5 rings (SSSR count). The number of likely N-dealkylation sites (N-methyl/N-ethyl adjacent to an activating group) is 1. The van der Waals surface area contributed by atoms with Gasteiger partial charge >= 0.3 is 12.2 Å². The first kappa shape index (κ1) is 26.9. The number of amides is 2. The Balaban J connectivity index is 1.32. The van der Waals surface area contributed by atoms with Crippen molar-refractivity contribution in [3.05, 3.63) is 65.2 Å². The van der Waals surface area contributed by atoms with Gasteiger partial charge in [0.1, 0.15) is 11.6 Å². The molecule has 2 amide bonds. The number of hydrogen-bond acceptors (Lipinski definition) is 3. The summed E-state index contributed by atoms with van der Waals surface area (Å²) < 4.78 is 67.4. The van der Waals surface area contributed by atoms with E-state index >= 15 is 0 Å². The lowest BCUT2D eigenvalue weighted by atomic mass is 9.93. The molecule has 10 heteroatoms. The summed E-state index contributed by atoms with van der Waals surface area (Å²) in [5.41, 5.74) is -0.735. The monoisotopic (exact) mass is 536 g/mol. The smallest absolute Gasteiger partial charge is 0.321 e. The summed E-state index contributed by atoms with van der Waals surface area (Å²) in [5.74, 6) is -1.50. The Bertz CT molecular complexity index is 1170. The Morgan fingerprint density at radius 1 is 1.11 bits per heavy atom. The predicted octanol–water partition coefficient (Wildman–Crippen LogP) is 5.58. The van der Waals surface area contributed by atoms with E-state index < -0.39 is 23.6 Å². The van der Waals surface area contributed by atoms with Gasteiger partial charge in [-0.3, -0.25) is 0 Å². The van der Waals surface area contributed by atoms with E-state index in [9.17, 15) is 26.7 Å². The number of fused-ring (bicyclic) bond motifs is 1. The number of urea groups is 1. The van der Waals surface area contributed by atoms with Crippen molar-refractivity contribution in [1.82, 2.24) is 14.7 Å². The zero-order valence-electron chi connectivity index (χ0n) is 21.4. The number of alkyl halides is 3. The lowest BCUT2D eigenvalue weighted by molar-refractivity contribution is -0.139. The summed E-state index contributed by atoms with van der Waals surface area (Å²) in [5, 5.41) is 2.59. The Morgan fingerprint density at radius 2 is 1.87 bits per heavy atom. The molecule has 2 aromatic carbocycles. The van der Waals surface area contributed by atoms with Crippen LogP contribution >= 0.6 is 0 Å². The molecule has 2 saturated carbocycles. The van der Waals surface area contributed by atoms with E-state index in [2.05, 4.69) is 22.2 Å². The second-order valence-corrected chi connectivity index (χ2v) is 10.9. The zero-order chi connectivity index (χ0) is 27.1. The van der Waals surface area contributed by atoms with Crippen molar-refractivity contribution in [3.8, 4) is 0 Å². The highest BCUT2D eigenvalue weighted by Gasteiger charge is 2.64. The van der Waals surface area contributed by atoms with Gasteiger partial charge in [0.25, 0.3) is 0 Å². The molecule has 1 saturated heterocycles. The third-order valence-corrected chi connectivity index (χ3v) is 8.54. The number of benzene rings is 2. The molecule has 0 unspecified atom stereocenters. The molecule has 206 valence electrons. The predicted molar refractivity (Wildman–Crippen MR) is 135 cm³/mol. The molecule has 1 heterocycles. The summed E-state index contributed by atoms with van der Waals surface area (Å²) in [7, 11) is 2.09. The van der Waals surface area contributed by atoms with Crippen LogP contribution < -0.4 is 5.32 Å². The van der Waals surface area contributed by atoms with E-state index in [1.54, 1.807) is 17.0 Å². The van der Waals surface area contributed by atoms with Crippen LogP contribution in [0.2, 0.25) is 0 Å². The molecule has 0 radical (unpaired) electrons. The maximum Gasteiger partial charge on any atom is 0.419 e. The minimum atomic E-state index is -4.86. The number of carbonyl (C=O) groups is 1. The molecule has 3 fully saturated rings. The van der Waals surface area contributed by atoms with Gasteiger partial charge in [-0.1, -0.05) is 12.1 Å². The summed E-state index contributed by atoms with van der Waals surface area (Å²) in [6, 6.07) is 8.53. The van der Waals surface area contributed by atoms with Gasteiger partial charge in [0.05, 0.1) is 5.56 Å². The fourth-order valence-corrected chi connectivity index (χ4v) is 6.35. The highest BCUT2D eigenvalue weighted by Crippen LogP contribution is 2.65. The fraction of sp³-hybridized carbons (Fsp3) is 0.536. The van der Waals surface area contributed by atoms with Crippen molar-refractivity contribution in [1.29, 1.82) is 0 Å². The van der Waals surface area contributed by atoms with Gasteiger partial charge in [0.2, 0.25) is 0 Å². The van der Waals surface area contributed by atoms with Crippen LogP contribution in [0.15, 0.2) is 42.5 Å². The summed E-state index contributed by atoms with van der Waals surface area (Å²) in [4.78, 5) is 19.9. The van der Waals surface area contributed by atoms with Crippen molar-refractivity contribution < 1.29 is 26.7 Å². The van der Waals surface area contributed by atoms with Gasteiger partial charge in [-0.15, -0.1) is 0 Å². The fourth-order valence-electron chi connectivity index (χ4n) is 6.35. The van der Waals surface area contributed by atoms with Crippen LogP contribution in [0.4, 0.5) is 32.4 Å². The number of halogens is 5. The molecule has 1 aliphatic heterocycles. The number of carbonyl (C=O) groups excluding carboxylic acids is 1. The van der Waals surface area contributed by atoms with Crippen LogP contribution in [0.3, 0.4) is 0 Å². The maximum atomic E-state index is 14.0. The molecule has 3 aliphatic rings. The molecule has 5 nitrogen and oxygen atoms in total. The van der Waals surface area contributed by atoms with E-state index in [0.717, 1.165) is 76.1 Å². The summed E-state index contributed by atoms with van der Waals surface area (Å²) >= 11 is 0. The standard InChI is InChI=1S/C28H33F5N4O/c1-35-12-14-36(15-13-35)10-3-11-37(26(38)34-21-6-7-24(30)22(17-21)28(31,32)33)25-8-9-27(18-23(25)27)19-4-2-5-20(29)16-19/h2,4-7,16-17,23,25H,3,8-15,18H2,1H3,(H,34,38)/t23-,25-,27-/m1/s1. The Labute approximate surface area is 219 Å². The first-order chi connectivity index (χ1) is 18.1. The largest absolute Gasteiger partial charge is 0.419 e. The van der Waals surface area contributed by atoms with E-state index in [1.165, 1.54) is 6.07 Å². The SMILES string of the molecule is CN1CCN(CCCN(C(=O)Nc2ccc(F)c(C(F)(F)F)c2)[C@@H]2CC[C@]3(c4cccc(F)c4)C[C@H]23)CC1. The van der Waals surface area contributed by atoms with Gasteiger partial charge in [-0.05, 0) is 81.1 Å². The average Bonchev–Trinajstić information content (AvgIpc) is 3.50. The number of nitrogens with one attached hydrogen (secondary N) is 1. The number of hydrogen-bond donors (Lipinski definition) is 1. The van der Waals surface area contributed by atoms with E-state index in [-0.39, 0.29) is 28.9 Å². The lowest BCUT2D eigenvalue weighted by Gasteiger charge is -2.34. The molecule has 3 atom stereocenters. The second kappa shape index (κ2) is 10.4. The van der Waals surface area contributed by atoms with Crippen LogP contribution in [-0.4, -0.2) is 73.1 Å². The highest BCUT2D eigenvalue weighted by molar-refractivity contribution is 5.89. The van der Waals surface area contributed by atoms with Crippen LogP contribution in [0.1, 0.15) is 36.8 Å². The average molecular weight is 537 g/mol. The van der Waals surface area contributed by atoms with Crippen LogP contribution in [0.25, 0.3) is 0 Å². The van der Waals surface area contributed by atoms with Gasteiger partial charge in [-0.25, -0.2) is 13.6 Å². The minimum absolute atomic E-state index is 0.0991. The lowest BCUT2D eigenvalue weighted by Crippen LogP contribution is -2.47. The minimum Gasteiger partial charge on any atom is -0.321 e. The third kappa shape index (κ3) is 5.52. The van der Waals surface area contributed by atoms with Crippen molar-refractivity contribution in [3.63, 3.8) is 0 Å². The number of piperazine rings is 1. The van der Waals surface area contributed by atoms with Crippen LogP contribution in [0, 0.1) is 17.6 Å². The summed E-state index contributed by atoms with van der Waals surface area (Å²) in [6.07, 6.45) is -1.73. The molecule has 0 aromatic heterocycles. The van der Waals surface area contributed by atoms with E-state index in [0.29, 0.717) is 12.6 Å². The highest BCUT2D eigenvalue weighted by atomic mass is 19.4. The van der Waals surface area contributed by atoms with Crippen molar-refractivity contribution in [2.45, 2.75) is 43.3 Å². The van der Waals surface area contributed by atoms with Crippen LogP contribution in [0.5, 0.6) is 0 Å². The first-order valence-corrected chi connectivity index (χ1v) is 13.2. The molecule has 2 aliphatic carbocycles. The normalized spacial score (nSPS) is 25.7. The van der Waals surface area contributed by atoms with E-state index in [4.69, 9.17) is 0 Å². The van der Waals surface area contributed by atoms with Gasteiger partial charge < -0.3 is 20.0 Å². The Kier molecular flexibility index (Phi) is 7.39. The Hall–Kier alpha value is -2.72. The van der Waals surface area contributed by atoms with Gasteiger partial charge in [-0.2, -0.15) is 13.2 Å². The molecule has 0 bridgehead atoms. The molecular formula is C28H33F5N4O. The second-order valence-electron chi connectivity index (χ2n) is 10.9. The topological polar surface area (TPSA) is 38.8 Å². The van der Waals surface area contributed by atoms with Crippen LogP contribution in [-0.2, 0) is 11.6 Å². The molecule has 2 aromatic rings. The zero-order valence-corrected chi connectivity index (χ0v) is 21.4. The molecule has 0 spiro atoms. The number of rotatable bonds is 7. The third-order valence-electron chi connectivity index (χ3n) is 8.54. The maximum absolute atomic E-state index is 14.0. The summed E-state index contributed by atoms with van der Waals surface area (Å²) in [6.45, 7) is 5.14. The quantitative estimate of drug-likeness (QED) is 0.470. The van der Waals surface area contributed by atoms with Crippen molar-refractivity contribution in [2.24, 2.45) is 5.92 Å². The van der Waals surface area contributed by atoms with E-state index in [1.807, 2.05) is 6.07 Å². The molecule has 1 N–H and O–H groups in total. The van der Waals surface area contributed by atoms with Gasteiger partial charge in [0, 0.05) is 49.9 Å². The number of anilines is 1.